The Hall–Kier alpha value is -2.39. The van der Waals surface area contributed by atoms with Gasteiger partial charge in [-0.3, -0.25) is 10.1 Å². The molecule has 1 aliphatic heterocycles. The Kier molecular flexibility index (Phi) is 5.36. The van der Waals surface area contributed by atoms with E-state index in [-0.39, 0.29) is 18.4 Å². The molecule has 7 nitrogen and oxygen atoms in total. The molecule has 1 aliphatic rings. The van der Waals surface area contributed by atoms with Crippen molar-refractivity contribution < 1.29 is 14.3 Å². The van der Waals surface area contributed by atoms with Gasteiger partial charge in [0.25, 0.3) is 0 Å². The molecule has 0 fully saturated rings. The number of fused-ring (bicyclic) bond motifs is 1. The molecule has 1 N–H and O–H groups in total. The largest absolute Gasteiger partial charge is 0.493 e. The van der Waals surface area contributed by atoms with Crippen LogP contribution < -0.4 is 14.8 Å². The van der Waals surface area contributed by atoms with Crippen LogP contribution >= 0.6 is 31.9 Å². The average molecular weight is 508 g/mol. The van der Waals surface area contributed by atoms with Crippen molar-refractivity contribution in [3.8, 4) is 11.5 Å². The lowest BCUT2D eigenvalue weighted by Gasteiger charge is -2.25. The van der Waals surface area contributed by atoms with Crippen LogP contribution in [0.2, 0.25) is 0 Å². The van der Waals surface area contributed by atoms with Gasteiger partial charge in [0.05, 0.1) is 24.0 Å². The number of amides is 1. The molecule has 0 saturated heterocycles. The van der Waals surface area contributed by atoms with Gasteiger partial charge in [-0.1, -0.05) is 28.1 Å². The summed E-state index contributed by atoms with van der Waals surface area (Å²) in [6.07, 6.45) is 1.70. The van der Waals surface area contributed by atoms with Crippen molar-refractivity contribution in [3.05, 3.63) is 62.8 Å². The van der Waals surface area contributed by atoms with Gasteiger partial charge in [0.2, 0.25) is 11.9 Å². The van der Waals surface area contributed by atoms with E-state index < -0.39 is 0 Å². The van der Waals surface area contributed by atoms with Gasteiger partial charge >= 0.3 is 0 Å². The Labute approximate surface area is 178 Å². The van der Waals surface area contributed by atoms with Gasteiger partial charge in [0, 0.05) is 4.47 Å². The lowest BCUT2D eigenvalue weighted by Crippen LogP contribution is -2.29. The fraction of sp³-hybridized carbons (Fsp3) is 0.211. The lowest BCUT2D eigenvalue weighted by molar-refractivity contribution is -0.117. The summed E-state index contributed by atoms with van der Waals surface area (Å²) in [6, 6.07) is 11.5. The number of carbonyl (C=O) groups excluding carboxylic acids is 1. The summed E-state index contributed by atoms with van der Waals surface area (Å²) in [6.45, 7) is 0.403. The van der Waals surface area contributed by atoms with E-state index in [0.29, 0.717) is 24.1 Å². The highest BCUT2D eigenvalue weighted by atomic mass is 79.9. The predicted molar refractivity (Wildman–Crippen MR) is 111 cm³/mol. The van der Waals surface area contributed by atoms with E-state index in [1.165, 1.54) is 6.33 Å². The van der Waals surface area contributed by atoms with Crippen molar-refractivity contribution in [1.29, 1.82) is 0 Å². The molecule has 0 bridgehead atoms. The number of halogens is 2. The standard InChI is InChI=1S/C19H16Br2N4O3/c1-27-16-7-12(15-8-17(26)24-19-22-10-23-25(15)19)6-14(21)18(16)28-9-11-2-4-13(20)5-3-11/h2-7,10,15H,8-9H2,1H3,(H,22,23,24,26)/t15-/m0/s1. The highest BCUT2D eigenvalue weighted by molar-refractivity contribution is 9.10. The summed E-state index contributed by atoms with van der Waals surface area (Å²) in [7, 11) is 1.59. The zero-order valence-electron chi connectivity index (χ0n) is 14.9. The number of hydrogen-bond acceptors (Lipinski definition) is 5. The van der Waals surface area contributed by atoms with Gasteiger partial charge in [-0.2, -0.15) is 10.1 Å². The molecule has 0 aliphatic carbocycles. The topological polar surface area (TPSA) is 78.3 Å². The van der Waals surface area contributed by atoms with E-state index in [1.54, 1.807) is 11.8 Å². The van der Waals surface area contributed by atoms with Crippen molar-refractivity contribution in [2.75, 3.05) is 12.4 Å². The quantitative estimate of drug-likeness (QED) is 0.556. The maximum atomic E-state index is 12.0. The number of methoxy groups -OCH3 is 1. The fourth-order valence-corrected chi connectivity index (χ4v) is 3.91. The third kappa shape index (κ3) is 3.77. The molecule has 28 heavy (non-hydrogen) atoms. The minimum absolute atomic E-state index is 0.101. The molecule has 0 spiro atoms. The lowest BCUT2D eigenvalue weighted by atomic mass is 10.0. The Morgan fingerprint density at radius 3 is 2.79 bits per heavy atom. The van der Waals surface area contributed by atoms with Crippen molar-refractivity contribution in [2.45, 2.75) is 19.1 Å². The summed E-state index contributed by atoms with van der Waals surface area (Å²) in [5.74, 6) is 1.52. The van der Waals surface area contributed by atoms with Crippen LogP contribution in [0.5, 0.6) is 11.5 Å². The van der Waals surface area contributed by atoms with E-state index in [0.717, 1.165) is 20.1 Å². The first-order chi connectivity index (χ1) is 13.5. The van der Waals surface area contributed by atoms with Gasteiger partial charge in [-0.15, -0.1) is 0 Å². The van der Waals surface area contributed by atoms with E-state index in [1.807, 2.05) is 36.4 Å². The van der Waals surface area contributed by atoms with Gasteiger partial charge in [-0.25, -0.2) is 4.68 Å². The number of nitrogens with one attached hydrogen (secondary N) is 1. The number of nitrogens with zero attached hydrogens (tertiary/aromatic N) is 3. The Balaban J connectivity index is 1.63. The molecule has 1 atom stereocenters. The van der Waals surface area contributed by atoms with Crippen LogP contribution in [0.25, 0.3) is 0 Å². The van der Waals surface area contributed by atoms with Gasteiger partial charge < -0.3 is 9.47 Å². The monoisotopic (exact) mass is 506 g/mol. The predicted octanol–water partition coefficient (Wildman–Crippen LogP) is 4.32. The molecule has 2 aromatic carbocycles. The van der Waals surface area contributed by atoms with Crippen LogP contribution in [0.4, 0.5) is 5.95 Å². The van der Waals surface area contributed by atoms with E-state index in [9.17, 15) is 4.79 Å². The number of benzene rings is 2. The SMILES string of the molecule is COc1cc([C@@H]2CC(=O)Nc3ncnn32)cc(Br)c1OCc1ccc(Br)cc1. The zero-order valence-corrected chi connectivity index (χ0v) is 18.0. The fourth-order valence-electron chi connectivity index (χ4n) is 3.07. The molecule has 3 aromatic rings. The van der Waals surface area contributed by atoms with Gasteiger partial charge in [0.15, 0.2) is 11.5 Å². The van der Waals surface area contributed by atoms with Gasteiger partial charge in [-0.05, 0) is 51.3 Å². The van der Waals surface area contributed by atoms with Crippen molar-refractivity contribution in [3.63, 3.8) is 0 Å². The number of carbonyl (C=O) groups is 1. The highest BCUT2D eigenvalue weighted by Gasteiger charge is 2.29. The van der Waals surface area contributed by atoms with E-state index in [4.69, 9.17) is 9.47 Å². The molecule has 9 heteroatoms. The minimum atomic E-state index is -0.267. The maximum absolute atomic E-state index is 12.0. The molecule has 4 rings (SSSR count). The van der Waals surface area contributed by atoms with Crippen molar-refractivity contribution in [2.24, 2.45) is 0 Å². The third-order valence-electron chi connectivity index (χ3n) is 4.43. The summed E-state index contributed by atoms with van der Waals surface area (Å²) < 4.78 is 15.0. The normalized spacial score (nSPS) is 15.7. The van der Waals surface area contributed by atoms with Crippen LogP contribution in [-0.4, -0.2) is 27.8 Å². The summed E-state index contributed by atoms with van der Waals surface area (Å²) in [4.78, 5) is 16.1. The first-order valence-corrected chi connectivity index (χ1v) is 10.1. The molecule has 1 amide bonds. The number of aromatic nitrogens is 3. The number of ether oxygens (including phenoxy) is 2. The zero-order chi connectivity index (χ0) is 19.7. The maximum Gasteiger partial charge on any atom is 0.229 e. The summed E-state index contributed by atoms with van der Waals surface area (Å²) in [5.41, 5.74) is 1.92. The first kappa shape index (κ1) is 18.9. The van der Waals surface area contributed by atoms with Gasteiger partial charge in [0.1, 0.15) is 12.9 Å². The van der Waals surface area contributed by atoms with Crippen LogP contribution in [0, 0.1) is 0 Å². The second-order valence-electron chi connectivity index (χ2n) is 6.25. The van der Waals surface area contributed by atoms with Crippen molar-refractivity contribution in [1.82, 2.24) is 14.8 Å². The molecular formula is C19H16Br2N4O3. The number of rotatable bonds is 5. The molecule has 144 valence electrons. The summed E-state index contributed by atoms with van der Waals surface area (Å²) in [5, 5.41) is 6.96. The second kappa shape index (κ2) is 7.92. The average Bonchev–Trinajstić information content (AvgIpc) is 3.15. The van der Waals surface area contributed by atoms with Crippen LogP contribution in [0.15, 0.2) is 51.7 Å². The molecule has 0 radical (unpaired) electrons. The smallest absolute Gasteiger partial charge is 0.229 e. The second-order valence-corrected chi connectivity index (χ2v) is 8.02. The minimum Gasteiger partial charge on any atom is -0.493 e. The molecule has 2 heterocycles. The van der Waals surface area contributed by atoms with E-state index >= 15 is 0 Å². The number of anilines is 1. The molecular weight excluding hydrogens is 492 g/mol. The Bertz CT molecular complexity index is 1020. The van der Waals surface area contributed by atoms with Crippen LogP contribution in [0.3, 0.4) is 0 Å². The third-order valence-corrected chi connectivity index (χ3v) is 5.55. The Morgan fingerprint density at radius 2 is 2.04 bits per heavy atom. The number of hydrogen-bond donors (Lipinski definition) is 1. The van der Waals surface area contributed by atoms with Crippen LogP contribution in [0.1, 0.15) is 23.6 Å². The molecule has 0 unspecified atom stereocenters. The van der Waals surface area contributed by atoms with Crippen molar-refractivity contribution >= 4 is 43.7 Å². The first-order valence-electron chi connectivity index (χ1n) is 8.49. The van der Waals surface area contributed by atoms with Crippen LogP contribution in [-0.2, 0) is 11.4 Å². The van der Waals surface area contributed by atoms with E-state index in [2.05, 4.69) is 47.3 Å². The molecule has 0 saturated carbocycles. The molecule has 1 aromatic heterocycles. The summed E-state index contributed by atoms with van der Waals surface area (Å²) >= 11 is 7.00. The highest BCUT2D eigenvalue weighted by Crippen LogP contribution is 2.41. The Morgan fingerprint density at radius 1 is 1.25 bits per heavy atom.